The van der Waals surface area contributed by atoms with Crippen LogP contribution in [0.25, 0.3) is 32.5 Å². The summed E-state index contributed by atoms with van der Waals surface area (Å²) in [5.74, 6) is 0.577. The number of azide groups is 1. The summed E-state index contributed by atoms with van der Waals surface area (Å²) in [6, 6.07) is 14.9. The van der Waals surface area contributed by atoms with Crippen molar-refractivity contribution in [2.75, 3.05) is 7.11 Å². The molecule has 22 heavy (non-hydrogen) atoms. The van der Waals surface area contributed by atoms with Crippen LogP contribution in [0.2, 0.25) is 5.15 Å². The molecule has 3 aromatic rings. The molecule has 5 nitrogen and oxygen atoms in total. The molecule has 0 N–H and O–H groups in total. The zero-order chi connectivity index (χ0) is 15.5. The van der Waals surface area contributed by atoms with Crippen LogP contribution >= 0.6 is 11.6 Å². The predicted octanol–water partition coefficient (Wildman–Crippen LogP) is 5.51. The molecule has 1 aromatic heterocycles. The number of benzene rings is 2. The third-order valence-corrected chi connectivity index (χ3v) is 3.61. The normalized spacial score (nSPS) is 10.3. The van der Waals surface area contributed by atoms with Gasteiger partial charge in [0.1, 0.15) is 16.4 Å². The zero-order valence-corrected chi connectivity index (χ0v) is 12.4. The van der Waals surface area contributed by atoms with Gasteiger partial charge in [0.25, 0.3) is 0 Å². The van der Waals surface area contributed by atoms with Gasteiger partial charge in [-0.15, -0.1) is 0 Å². The summed E-state index contributed by atoms with van der Waals surface area (Å²) in [5.41, 5.74) is 11.4. The first kappa shape index (κ1) is 14.2. The lowest BCUT2D eigenvalue weighted by Gasteiger charge is -2.13. The van der Waals surface area contributed by atoms with E-state index in [1.54, 1.807) is 13.2 Å². The summed E-state index contributed by atoms with van der Waals surface area (Å²) in [7, 11) is 1.56. The van der Waals surface area contributed by atoms with Crippen molar-refractivity contribution in [3.63, 3.8) is 0 Å². The largest absolute Gasteiger partial charge is 0.494 e. The molecule has 6 heteroatoms. The van der Waals surface area contributed by atoms with Crippen molar-refractivity contribution >= 4 is 28.2 Å². The summed E-state index contributed by atoms with van der Waals surface area (Å²) >= 11 is 6.36. The Kier molecular flexibility index (Phi) is 3.83. The highest BCUT2D eigenvalue weighted by atomic mass is 35.5. The van der Waals surface area contributed by atoms with Crippen LogP contribution in [0, 0.1) is 0 Å². The molecule has 108 valence electrons. The highest BCUT2D eigenvalue weighted by molar-refractivity contribution is 6.34. The fourth-order valence-corrected chi connectivity index (χ4v) is 2.67. The Morgan fingerprint density at radius 2 is 1.91 bits per heavy atom. The first-order chi connectivity index (χ1) is 10.8. The van der Waals surface area contributed by atoms with Crippen molar-refractivity contribution < 1.29 is 4.74 Å². The fourth-order valence-electron chi connectivity index (χ4n) is 2.39. The van der Waals surface area contributed by atoms with E-state index in [2.05, 4.69) is 15.0 Å². The molecule has 2 aromatic carbocycles. The minimum atomic E-state index is 0.269. The molecule has 0 saturated carbocycles. The number of fused-ring (bicyclic) bond motifs is 1. The van der Waals surface area contributed by atoms with Gasteiger partial charge in [-0.2, -0.15) is 0 Å². The number of hydrogen-bond donors (Lipinski definition) is 0. The molecule has 0 spiro atoms. The SMILES string of the molecule is COc1cccc2c(N=[N+]=[N-])c(-c3ccccc3)c(Cl)nc12. The number of ether oxygens (including phenoxy) is 1. The van der Waals surface area contributed by atoms with E-state index in [1.165, 1.54) is 0 Å². The summed E-state index contributed by atoms with van der Waals surface area (Å²) in [4.78, 5) is 7.36. The maximum Gasteiger partial charge on any atom is 0.145 e. The van der Waals surface area contributed by atoms with Crippen molar-refractivity contribution in [1.82, 2.24) is 4.98 Å². The number of halogens is 1. The topological polar surface area (TPSA) is 70.9 Å². The molecule has 0 aliphatic heterocycles. The predicted molar refractivity (Wildman–Crippen MR) is 87.5 cm³/mol. The van der Waals surface area contributed by atoms with Gasteiger partial charge in [0.15, 0.2) is 0 Å². The molecule has 0 bridgehead atoms. The van der Waals surface area contributed by atoms with E-state index in [0.29, 0.717) is 27.9 Å². The molecule has 3 rings (SSSR count). The minimum Gasteiger partial charge on any atom is -0.494 e. The van der Waals surface area contributed by atoms with Crippen LogP contribution in [0.4, 0.5) is 5.69 Å². The lowest BCUT2D eigenvalue weighted by Crippen LogP contribution is -1.91. The molecular weight excluding hydrogens is 300 g/mol. The first-order valence-electron chi connectivity index (χ1n) is 6.53. The van der Waals surface area contributed by atoms with E-state index in [1.807, 2.05) is 42.5 Å². The smallest absolute Gasteiger partial charge is 0.145 e. The Morgan fingerprint density at radius 1 is 1.14 bits per heavy atom. The Balaban J connectivity index is 2.45. The van der Waals surface area contributed by atoms with Gasteiger partial charge in [0.2, 0.25) is 0 Å². The molecule has 0 saturated heterocycles. The fraction of sp³-hybridized carbons (Fsp3) is 0.0625. The first-order valence-corrected chi connectivity index (χ1v) is 6.90. The lowest BCUT2D eigenvalue weighted by atomic mass is 10.0. The third-order valence-electron chi connectivity index (χ3n) is 3.33. The molecule has 0 fully saturated rings. The van der Waals surface area contributed by atoms with Crippen LogP contribution in [0.15, 0.2) is 53.6 Å². The van der Waals surface area contributed by atoms with Gasteiger partial charge in [0.05, 0.1) is 12.8 Å². The van der Waals surface area contributed by atoms with Crippen LogP contribution in [0.3, 0.4) is 0 Å². The molecule has 0 atom stereocenters. The Bertz CT molecular complexity index is 890. The third kappa shape index (κ3) is 2.33. The monoisotopic (exact) mass is 310 g/mol. The van der Waals surface area contributed by atoms with Crippen LogP contribution in [0.1, 0.15) is 0 Å². The summed E-state index contributed by atoms with van der Waals surface area (Å²) < 4.78 is 5.31. The maximum atomic E-state index is 8.93. The molecule has 0 amide bonds. The Morgan fingerprint density at radius 3 is 2.59 bits per heavy atom. The van der Waals surface area contributed by atoms with Crippen LogP contribution in [0.5, 0.6) is 5.75 Å². The summed E-state index contributed by atoms with van der Waals surface area (Å²) in [6.45, 7) is 0. The second-order valence-electron chi connectivity index (χ2n) is 4.54. The average molecular weight is 311 g/mol. The van der Waals surface area contributed by atoms with Gasteiger partial charge in [0, 0.05) is 15.9 Å². The van der Waals surface area contributed by atoms with Crippen molar-refractivity contribution in [1.29, 1.82) is 0 Å². The minimum absolute atomic E-state index is 0.269. The number of hydrogen-bond acceptors (Lipinski definition) is 3. The molecule has 0 aliphatic carbocycles. The van der Waals surface area contributed by atoms with Crippen molar-refractivity contribution in [3.8, 4) is 16.9 Å². The number of pyridine rings is 1. The van der Waals surface area contributed by atoms with Gasteiger partial charge >= 0.3 is 0 Å². The molecular formula is C16H11ClN4O. The number of nitrogens with zero attached hydrogens (tertiary/aromatic N) is 4. The lowest BCUT2D eigenvalue weighted by molar-refractivity contribution is 0.419. The second kappa shape index (κ2) is 5.93. The maximum absolute atomic E-state index is 8.93. The Labute approximate surface area is 131 Å². The van der Waals surface area contributed by atoms with E-state index in [-0.39, 0.29) is 5.15 Å². The Hall–Kier alpha value is -2.75. The van der Waals surface area contributed by atoms with Gasteiger partial charge < -0.3 is 4.74 Å². The number of methoxy groups -OCH3 is 1. The number of para-hydroxylation sites is 1. The quantitative estimate of drug-likeness (QED) is 0.277. The van der Waals surface area contributed by atoms with Crippen molar-refractivity contribution in [2.45, 2.75) is 0 Å². The van der Waals surface area contributed by atoms with Crippen LogP contribution in [-0.2, 0) is 0 Å². The van der Waals surface area contributed by atoms with Gasteiger partial charge in [-0.3, -0.25) is 0 Å². The summed E-state index contributed by atoms with van der Waals surface area (Å²) in [5, 5.41) is 4.81. The molecule has 0 unspecified atom stereocenters. The molecule has 0 radical (unpaired) electrons. The van der Waals surface area contributed by atoms with E-state index in [0.717, 1.165) is 5.56 Å². The molecule has 0 aliphatic rings. The van der Waals surface area contributed by atoms with Gasteiger partial charge in [-0.05, 0) is 17.2 Å². The molecule has 1 heterocycles. The van der Waals surface area contributed by atoms with E-state index < -0.39 is 0 Å². The standard InChI is InChI=1S/C16H11ClN4O/c1-22-12-9-5-8-11-14(12)19-16(17)13(15(11)20-21-18)10-6-3-2-4-7-10/h2-9H,1H3. The zero-order valence-electron chi connectivity index (χ0n) is 11.7. The second-order valence-corrected chi connectivity index (χ2v) is 4.90. The van der Waals surface area contributed by atoms with E-state index >= 15 is 0 Å². The number of rotatable bonds is 3. The van der Waals surface area contributed by atoms with E-state index in [9.17, 15) is 0 Å². The van der Waals surface area contributed by atoms with Crippen LogP contribution < -0.4 is 4.74 Å². The summed E-state index contributed by atoms with van der Waals surface area (Å²) in [6.07, 6.45) is 0. The van der Waals surface area contributed by atoms with Crippen molar-refractivity contribution in [2.24, 2.45) is 5.11 Å². The highest BCUT2D eigenvalue weighted by Crippen LogP contribution is 2.42. The highest BCUT2D eigenvalue weighted by Gasteiger charge is 2.16. The number of aromatic nitrogens is 1. The van der Waals surface area contributed by atoms with Crippen LogP contribution in [-0.4, -0.2) is 12.1 Å². The van der Waals surface area contributed by atoms with Gasteiger partial charge in [-0.25, -0.2) is 4.98 Å². The average Bonchev–Trinajstić information content (AvgIpc) is 2.55. The van der Waals surface area contributed by atoms with E-state index in [4.69, 9.17) is 21.9 Å². The van der Waals surface area contributed by atoms with Crippen molar-refractivity contribution in [3.05, 3.63) is 64.1 Å². The van der Waals surface area contributed by atoms with Gasteiger partial charge in [-0.1, -0.05) is 59.2 Å².